The number of nitrogens with one attached hydrogen (secondary N) is 1. The predicted molar refractivity (Wildman–Crippen MR) is 58.3 cm³/mol. The van der Waals surface area contributed by atoms with Crippen molar-refractivity contribution >= 4 is 0 Å². The standard InChI is InChI=1S/C12H23NO/c1-9-5-12(6-10(2)14-9)7-11-3-4-13-8-11/h9-13H,3-8H2,1-2H3/t9-,10+,11?,12?. The molecule has 2 saturated heterocycles. The third-order valence-electron chi connectivity index (χ3n) is 3.62. The third-order valence-corrected chi connectivity index (χ3v) is 3.62. The summed E-state index contributed by atoms with van der Waals surface area (Å²) in [6.07, 6.45) is 6.34. The Kier molecular flexibility index (Phi) is 3.45. The van der Waals surface area contributed by atoms with Gasteiger partial charge in [0.2, 0.25) is 0 Å². The van der Waals surface area contributed by atoms with Gasteiger partial charge in [-0.15, -0.1) is 0 Å². The van der Waals surface area contributed by atoms with Gasteiger partial charge in [0.25, 0.3) is 0 Å². The van der Waals surface area contributed by atoms with Gasteiger partial charge in [-0.2, -0.15) is 0 Å². The van der Waals surface area contributed by atoms with Crippen molar-refractivity contribution in [1.29, 1.82) is 0 Å². The number of hydrogen-bond donors (Lipinski definition) is 1. The van der Waals surface area contributed by atoms with Crippen LogP contribution in [0.3, 0.4) is 0 Å². The van der Waals surface area contributed by atoms with Crippen LogP contribution in [0.4, 0.5) is 0 Å². The van der Waals surface area contributed by atoms with Crippen molar-refractivity contribution in [2.45, 2.75) is 51.7 Å². The molecule has 2 nitrogen and oxygen atoms in total. The maximum absolute atomic E-state index is 5.77. The highest BCUT2D eigenvalue weighted by molar-refractivity contribution is 4.79. The Morgan fingerprint density at radius 2 is 1.86 bits per heavy atom. The van der Waals surface area contributed by atoms with E-state index in [-0.39, 0.29) is 0 Å². The largest absolute Gasteiger partial charge is 0.376 e. The molecule has 4 atom stereocenters. The third kappa shape index (κ3) is 2.71. The summed E-state index contributed by atoms with van der Waals surface area (Å²) >= 11 is 0. The first kappa shape index (κ1) is 10.4. The second-order valence-electron chi connectivity index (χ2n) is 5.19. The smallest absolute Gasteiger partial charge is 0.0553 e. The van der Waals surface area contributed by atoms with Gasteiger partial charge in [-0.3, -0.25) is 0 Å². The van der Waals surface area contributed by atoms with Gasteiger partial charge < -0.3 is 10.1 Å². The lowest BCUT2D eigenvalue weighted by Gasteiger charge is -2.33. The second kappa shape index (κ2) is 4.63. The monoisotopic (exact) mass is 197 g/mol. The molecule has 0 bridgehead atoms. The molecule has 2 rings (SSSR count). The molecule has 2 unspecified atom stereocenters. The van der Waals surface area contributed by atoms with Crippen LogP contribution < -0.4 is 5.32 Å². The summed E-state index contributed by atoms with van der Waals surface area (Å²) < 4.78 is 5.77. The zero-order chi connectivity index (χ0) is 9.97. The van der Waals surface area contributed by atoms with E-state index < -0.39 is 0 Å². The molecule has 0 saturated carbocycles. The van der Waals surface area contributed by atoms with Gasteiger partial charge in [-0.1, -0.05) is 0 Å². The summed E-state index contributed by atoms with van der Waals surface area (Å²) in [6.45, 7) is 6.92. The van der Waals surface area contributed by atoms with Gasteiger partial charge in [0, 0.05) is 0 Å². The first-order valence-electron chi connectivity index (χ1n) is 6.10. The Bertz CT molecular complexity index is 167. The van der Waals surface area contributed by atoms with Gasteiger partial charge >= 0.3 is 0 Å². The summed E-state index contributed by atoms with van der Waals surface area (Å²) in [6, 6.07) is 0. The average Bonchev–Trinajstić information content (AvgIpc) is 2.54. The number of rotatable bonds is 2. The Labute approximate surface area is 87.4 Å². The van der Waals surface area contributed by atoms with Crippen LogP contribution in [0.25, 0.3) is 0 Å². The molecule has 2 aliphatic heterocycles. The van der Waals surface area contributed by atoms with Crippen LogP contribution in [0.15, 0.2) is 0 Å². The first-order chi connectivity index (χ1) is 6.74. The van der Waals surface area contributed by atoms with Gasteiger partial charge in [-0.25, -0.2) is 0 Å². The van der Waals surface area contributed by atoms with Gasteiger partial charge in [0.15, 0.2) is 0 Å². The average molecular weight is 197 g/mol. The van der Waals surface area contributed by atoms with Crippen LogP contribution in [0.5, 0.6) is 0 Å². The topological polar surface area (TPSA) is 21.3 Å². The molecule has 2 aliphatic rings. The summed E-state index contributed by atoms with van der Waals surface area (Å²) in [7, 11) is 0. The molecule has 0 aromatic heterocycles. The van der Waals surface area contributed by atoms with E-state index in [0.717, 1.165) is 11.8 Å². The minimum absolute atomic E-state index is 0.484. The van der Waals surface area contributed by atoms with E-state index in [1.165, 1.54) is 38.8 Å². The van der Waals surface area contributed by atoms with Crippen molar-refractivity contribution in [2.75, 3.05) is 13.1 Å². The molecule has 2 heteroatoms. The fourth-order valence-electron chi connectivity index (χ4n) is 3.12. The highest BCUT2D eigenvalue weighted by Gasteiger charge is 2.27. The van der Waals surface area contributed by atoms with Crippen LogP contribution in [-0.4, -0.2) is 25.3 Å². The van der Waals surface area contributed by atoms with Crippen molar-refractivity contribution in [1.82, 2.24) is 5.32 Å². The molecule has 0 aromatic rings. The highest BCUT2D eigenvalue weighted by atomic mass is 16.5. The lowest BCUT2D eigenvalue weighted by atomic mass is 9.84. The lowest BCUT2D eigenvalue weighted by molar-refractivity contribution is -0.0556. The van der Waals surface area contributed by atoms with Crippen LogP contribution in [-0.2, 0) is 4.74 Å². The van der Waals surface area contributed by atoms with Gasteiger partial charge in [-0.05, 0) is 64.5 Å². The van der Waals surface area contributed by atoms with Crippen LogP contribution >= 0.6 is 0 Å². The fourth-order valence-corrected chi connectivity index (χ4v) is 3.12. The lowest BCUT2D eigenvalue weighted by Crippen LogP contribution is -2.30. The molecule has 0 spiro atoms. The van der Waals surface area contributed by atoms with E-state index >= 15 is 0 Å². The molecule has 2 fully saturated rings. The summed E-state index contributed by atoms with van der Waals surface area (Å²) in [5, 5.41) is 3.45. The van der Waals surface area contributed by atoms with Gasteiger partial charge in [0.05, 0.1) is 12.2 Å². The minimum Gasteiger partial charge on any atom is -0.376 e. The van der Waals surface area contributed by atoms with E-state index in [0.29, 0.717) is 12.2 Å². The van der Waals surface area contributed by atoms with Crippen LogP contribution in [0.1, 0.15) is 39.5 Å². The molecule has 2 heterocycles. The minimum atomic E-state index is 0.484. The fraction of sp³-hybridized carbons (Fsp3) is 1.00. The Balaban J connectivity index is 1.78. The van der Waals surface area contributed by atoms with Crippen molar-refractivity contribution in [3.63, 3.8) is 0 Å². The first-order valence-corrected chi connectivity index (χ1v) is 6.10. The molecule has 0 aliphatic carbocycles. The summed E-state index contributed by atoms with van der Waals surface area (Å²) in [5.41, 5.74) is 0. The van der Waals surface area contributed by atoms with Gasteiger partial charge in [0.1, 0.15) is 0 Å². The Morgan fingerprint density at radius 3 is 2.43 bits per heavy atom. The zero-order valence-corrected chi connectivity index (χ0v) is 9.46. The van der Waals surface area contributed by atoms with Crippen molar-refractivity contribution in [2.24, 2.45) is 11.8 Å². The maximum atomic E-state index is 5.77. The predicted octanol–water partition coefficient (Wildman–Crippen LogP) is 2.19. The summed E-state index contributed by atoms with van der Waals surface area (Å²) in [5.74, 6) is 1.86. The van der Waals surface area contributed by atoms with Crippen molar-refractivity contribution < 1.29 is 4.74 Å². The molecular weight excluding hydrogens is 174 g/mol. The molecular formula is C12H23NO. The molecule has 0 aromatic carbocycles. The quantitative estimate of drug-likeness (QED) is 0.732. The van der Waals surface area contributed by atoms with E-state index in [9.17, 15) is 0 Å². The Hall–Kier alpha value is -0.0800. The van der Waals surface area contributed by atoms with Crippen molar-refractivity contribution in [3.8, 4) is 0 Å². The molecule has 82 valence electrons. The Morgan fingerprint density at radius 1 is 1.14 bits per heavy atom. The van der Waals surface area contributed by atoms with Crippen LogP contribution in [0.2, 0.25) is 0 Å². The second-order valence-corrected chi connectivity index (χ2v) is 5.19. The van der Waals surface area contributed by atoms with E-state index in [4.69, 9.17) is 4.74 Å². The van der Waals surface area contributed by atoms with E-state index in [1.807, 2.05) is 0 Å². The molecule has 0 radical (unpaired) electrons. The number of hydrogen-bond acceptors (Lipinski definition) is 2. The van der Waals surface area contributed by atoms with E-state index in [1.54, 1.807) is 0 Å². The zero-order valence-electron chi connectivity index (χ0n) is 9.46. The van der Waals surface area contributed by atoms with Crippen molar-refractivity contribution in [3.05, 3.63) is 0 Å². The molecule has 0 amide bonds. The maximum Gasteiger partial charge on any atom is 0.0553 e. The molecule has 1 N–H and O–H groups in total. The van der Waals surface area contributed by atoms with Crippen LogP contribution in [0, 0.1) is 11.8 Å². The highest BCUT2D eigenvalue weighted by Crippen LogP contribution is 2.31. The SMILES string of the molecule is C[C@@H]1CC(CC2CCNC2)C[C@H](C)O1. The summed E-state index contributed by atoms with van der Waals surface area (Å²) in [4.78, 5) is 0. The molecule has 14 heavy (non-hydrogen) atoms. The number of ether oxygens (including phenoxy) is 1. The normalized spacial score (nSPS) is 44.1. The van der Waals surface area contributed by atoms with E-state index in [2.05, 4.69) is 19.2 Å².